The fraction of sp³-hybridized carbons (Fsp3) is 0. The van der Waals surface area contributed by atoms with E-state index in [4.69, 9.17) is 23.2 Å². The van der Waals surface area contributed by atoms with Crippen LogP contribution in [0.2, 0.25) is 10.0 Å². The van der Waals surface area contributed by atoms with Gasteiger partial charge in [0.15, 0.2) is 0 Å². The summed E-state index contributed by atoms with van der Waals surface area (Å²) in [6, 6.07) is 16.0. The maximum absolute atomic E-state index is 6.40. The van der Waals surface area contributed by atoms with E-state index in [1.54, 1.807) is 0 Å². The number of hydrogen-bond acceptors (Lipinski definition) is 0. The zero-order valence-electron chi connectivity index (χ0n) is 8.37. The number of benzene rings is 3. The van der Waals surface area contributed by atoms with Crippen LogP contribution in [0.4, 0.5) is 0 Å². The van der Waals surface area contributed by atoms with E-state index in [0.717, 1.165) is 26.6 Å². The van der Waals surface area contributed by atoms with E-state index in [0.29, 0.717) is 5.02 Å². The van der Waals surface area contributed by atoms with Crippen LogP contribution in [-0.4, -0.2) is 0 Å². The summed E-state index contributed by atoms with van der Waals surface area (Å²) in [5.41, 5.74) is 0. The van der Waals surface area contributed by atoms with Crippen molar-refractivity contribution in [2.45, 2.75) is 0 Å². The van der Waals surface area contributed by atoms with Crippen molar-refractivity contribution in [2.24, 2.45) is 0 Å². The van der Waals surface area contributed by atoms with Crippen LogP contribution in [0.1, 0.15) is 0 Å². The number of hydrogen-bond donors (Lipinski definition) is 0. The van der Waals surface area contributed by atoms with Gasteiger partial charge in [-0.3, -0.25) is 0 Å². The Labute approximate surface area is 103 Å². The summed E-state index contributed by atoms with van der Waals surface area (Å²) in [4.78, 5) is 0. The predicted molar refractivity (Wildman–Crippen MR) is 71.5 cm³/mol. The van der Waals surface area contributed by atoms with Crippen LogP contribution >= 0.6 is 23.2 Å². The molecule has 0 fully saturated rings. The first kappa shape index (κ1) is 9.95. The van der Waals surface area contributed by atoms with Gasteiger partial charge in [0.2, 0.25) is 0 Å². The van der Waals surface area contributed by atoms with Crippen LogP contribution in [-0.2, 0) is 0 Å². The molecule has 0 saturated carbocycles. The Kier molecular flexibility index (Phi) is 2.27. The van der Waals surface area contributed by atoms with Crippen molar-refractivity contribution in [3.63, 3.8) is 0 Å². The fourth-order valence-electron chi connectivity index (χ4n) is 2.02. The van der Waals surface area contributed by atoms with E-state index in [-0.39, 0.29) is 0 Å². The lowest BCUT2D eigenvalue weighted by Gasteiger charge is -2.07. The lowest BCUT2D eigenvalue weighted by atomic mass is 10.0. The molecule has 0 aromatic heterocycles. The summed E-state index contributed by atoms with van der Waals surface area (Å²) in [7, 11) is 0. The second-order valence-electron chi connectivity index (χ2n) is 3.75. The van der Waals surface area contributed by atoms with E-state index in [1.165, 1.54) is 0 Å². The van der Waals surface area contributed by atoms with Gasteiger partial charge in [-0.05, 0) is 22.9 Å². The molecule has 0 unspecified atom stereocenters. The SMILES string of the molecule is Clc1cccc2cc3ccccc3c(Cl)c12. The quantitative estimate of drug-likeness (QED) is 0.473. The Morgan fingerprint density at radius 2 is 1.50 bits per heavy atom. The second-order valence-corrected chi connectivity index (χ2v) is 4.53. The Bertz CT molecular complexity index is 687. The first-order chi connectivity index (χ1) is 7.77. The fourth-order valence-corrected chi connectivity index (χ4v) is 2.73. The molecule has 0 amide bonds. The molecular weight excluding hydrogens is 239 g/mol. The largest absolute Gasteiger partial charge is 0.0836 e. The molecule has 0 heterocycles. The maximum atomic E-state index is 6.40. The molecule has 0 spiro atoms. The van der Waals surface area contributed by atoms with Gasteiger partial charge in [-0.25, -0.2) is 0 Å². The highest BCUT2D eigenvalue weighted by Crippen LogP contribution is 2.36. The third kappa shape index (κ3) is 1.38. The highest BCUT2D eigenvalue weighted by atomic mass is 35.5. The smallest absolute Gasteiger partial charge is 0.0577 e. The van der Waals surface area contributed by atoms with Crippen molar-refractivity contribution in [1.82, 2.24) is 0 Å². The molecule has 0 aliphatic carbocycles. The van der Waals surface area contributed by atoms with Gasteiger partial charge in [-0.15, -0.1) is 0 Å². The lowest BCUT2D eigenvalue weighted by Crippen LogP contribution is -1.80. The minimum Gasteiger partial charge on any atom is -0.0836 e. The van der Waals surface area contributed by atoms with Crippen molar-refractivity contribution in [3.8, 4) is 0 Å². The summed E-state index contributed by atoms with van der Waals surface area (Å²) < 4.78 is 0. The van der Waals surface area contributed by atoms with Gasteiger partial charge >= 0.3 is 0 Å². The van der Waals surface area contributed by atoms with E-state index in [2.05, 4.69) is 12.1 Å². The van der Waals surface area contributed by atoms with E-state index < -0.39 is 0 Å². The molecule has 0 saturated heterocycles. The number of fused-ring (bicyclic) bond motifs is 2. The summed E-state index contributed by atoms with van der Waals surface area (Å²) in [6.45, 7) is 0. The van der Waals surface area contributed by atoms with Gasteiger partial charge in [-0.1, -0.05) is 59.6 Å². The number of halogens is 2. The first-order valence-corrected chi connectivity index (χ1v) is 5.78. The molecule has 78 valence electrons. The maximum Gasteiger partial charge on any atom is 0.0577 e. The summed E-state index contributed by atoms with van der Waals surface area (Å²) in [5.74, 6) is 0. The molecule has 0 aliphatic rings. The summed E-state index contributed by atoms with van der Waals surface area (Å²) in [5, 5.41) is 5.64. The summed E-state index contributed by atoms with van der Waals surface area (Å²) >= 11 is 12.6. The average molecular weight is 247 g/mol. The van der Waals surface area contributed by atoms with Crippen LogP contribution in [0.15, 0.2) is 48.5 Å². The van der Waals surface area contributed by atoms with E-state index in [1.807, 2.05) is 36.4 Å². The van der Waals surface area contributed by atoms with Crippen molar-refractivity contribution in [1.29, 1.82) is 0 Å². The monoisotopic (exact) mass is 246 g/mol. The third-order valence-electron chi connectivity index (χ3n) is 2.77. The van der Waals surface area contributed by atoms with Crippen molar-refractivity contribution in [3.05, 3.63) is 58.6 Å². The summed E-state index contributed by atoms with van der Waals surface area (Å²) in [6.07, 6.45) is 0. The Hall–Kier alpha value is -1.24. The van der Waals surface area contributed by atoms with E-state index >= 15 is 0 Å². The predicted octanol–water partition coefficient (Wildman–Crippen LogP) is 5.30. The molecule has 0 atom stereocenters. The topological polar surface area (TPSA) is 0 Å². The molecule has 0 radical (unpaired) electrons. The van der Waals surface area contributed by atoms with Crippen molar-refractivity contribution >= 4 is 44.7 Å². The number of rotatable bonds is 0. The minimum atomic E-state index is 0.702. The Morgan fingerprint density at radius 3 is 2.38 bits per heavy atom. The zero-order valence-corrected chi connectivity index (χ0v) is 9.89. The van der Waals surface area contributed by atoms with E-state index in [9.17, 15) is 0 Å². The van der Waals surface area contributed by atoms with Gasteiger partial charge in [0.1, 0.15) is 0 Å². The van der Waals surface area contributed by atoms with Gasteiger partial charge in [0.25, 0.3) is 0 Å². The molecule has 0 bridgehead atoms. The molecule has 2 heteroatoms. The Morgan fingerprint density at radius 1 is 0.750 bits per heavy atom. The molecule has 0 aliphatic heterocycles. The molecule has 0 N–H and O–H groups in total. The van der Waals surface area contributed by atoms with Crippen LogP contribution in [0.25, 0.3) is 21.5 Å². The molecule has 3 aromatic carbocycles. The highest BCUT2D eigenvalue weighted by molar-refractivity contribution is 6.45. The molecule has 3 rings (SSSR count). The average Bonchev–Trinajstić information content (AvgIpc) is 2.29. The Balaban J connectivity index is 2.62. The molecule has 3 aromatic rings. The van der Waals surface area contributed by atoms with Crippen LogP contribution in [0.5, 0.6) is 0 Å². The molecular formula is C14H8Cl2. The van der Waals surface area contributed by atoms with Gasteiger partial charge in [0.05, 0.1) is 5.02 Å². The first-order valence-electron chi connectivity index (χ1n) is 5.03. The van der Waals surface area contributed by atoms with Gasteiger partial charge in [0, 0.05) is 15.8 Å². The van der Waals surface area contributed by atoms with Crippen LogP contribution in [0, 0.1) is 0 Å². The van der Waals surface area contributed by atoms with Gasteiger partial charge < -0.3 is 0 Å². The van der Waals surface area contributed by atoms with Gasteiger partial charge in [-0.2, -0.15) is 0 Å². The second kappa shape index (κ2) is 3.65. The van der Waals surface area contributed by atoms with Crippen LogP contribution in [0.3, 0.4) is 0 Å². The van der Waals surface area contributed by atoms with Crippen molar-refractivity contribution < 1.29 is 0 Å². The van der Waals surface area contributed by atoms with Crippen LogP contribution < -0.4 is 0 Å². The zero-order chi connectivity index (χ0) is 11.1. The molecule has 0 nitrogen and oxygen atoms in total. The standard InChI is InChI=1S/C14H8Cl2/c15-12-7-3-5-10-8-9-4-1-2-6-11(9)14(16)13(10)12/h1-8H. The van der Waals surface area contributed by atoms with Crippen molar-refractivity contribution in [2.75, 3.05) is 0 Å². The lowest BCUT2D eigenvalue weighted by molar-refractivity contribution is 1.76. The minimum absolute atomic E-state index is 0.702. The molecule has 16 heavy (non-hydrogen) atoms. The third-order valence-corrected chi connectivity index (χ3v) is 3.48. The highest BCUT2D eigenvalue weighted by Gasteiger charge is 2.07. The normalized spacial score (nSPS) is 11.1.